The molecule has 2 rings (SSSR count). The van der Waals surface area contributed by atoms with Crippen molar-refractivity contribution in [1.82, 2.24) is 5.06 Å². The highest BCUT2D eigenvalue weighted by Gasteiger charge is 2.58. The zero-order chi connectivity index (χ0) is 8.72. The average molecular weight is 187 g/mol. The molecule has 0 bridgehead atoms. The summed E-state index contributed by atoms with van der Waals surface area (Å²) in [6, 6.07) is 0. The number of hydrogen-bond acceptors (Lipinski definition) is 3. The second-order valence-electron chi connectivity index (χ2n) is 3.33. The van der Waals surface area contributed by atoms with E-state index in [1.54, 1.807) is 7.05 Å². The van der Waals surface area contributed by atoms with Crippen molar-refractivity contribution in [2.24, 2.45) is 11.8 Å². The maximum Gasteiger partial charge on any atom is 0.250 e. The van der Waals surface area contributed by atoms with Gasteiger partial charge in [0.25, 0.3) is 0 Å². The first kappa shape index (κ1) is 8.38. The zero-order valence-electron chi connectivity index (χ0n) is 7.32. The minimum atomic E-state index is 0.152. The van der Waals surface area contributed by atoms with Crippen LogP contribution >= 0.6 is 11.8 Å². The van der Waals surface area contributed by atoms with Crippen LogP contribution in [0.15, 0.2) is 0 Å². The molecule has 3 nitrogen and oxygen atoms in total. The molecule has 0 radical (unpaired) electrons. The lowest BCUT2D eigenvalue weighted by Crippen LogP contribution is -2.28. The maximum atomic E-state index is 11.5. The molecule has 1 aliphatic heterocycles. The summed E-state index contributed by atoms with van der Waals surface area (Å²) < 4.78 is 0. The summed E-state index contributed by atoms with van der Waals surface area (Å²) >= 11 is 1.93. The van der Waals surface area contributed by atoms with Gasteiger partial charge >= 0.3 is 0 Å². The van der Waals surface area contributed by atoms with Gasteiger partial charge in [0.1, 0.15) is 0 Å². The number of carbonyl (C=O) groups is 1. The van der Waals surface area contributed by atoms with Crippen molar-refractivity contribution in [1.29, 1.82) is 0 Å². The molecule has 0 unspecified atom stereocenters. The summed E-state index contributed by atoms with van der Waals surface area (Å²) in [5, 5.41) is 1.96. The van der Waals surface area contributed by atoms with E-state index < -0.39 is 0 Å². The average Bonchev–Trinajstić information content (AvgIpc) is 2.56. The number of hydrogen-bond donors (Lipinski definition) is 0. The minimum absolute atomic E-state index is 0.152. The third-order valence-electron chi connectivity index (χ3n) is 2.73. The minimum Gasteiger partial charge on any atom is -0.275 e. The van der Waals surface area contributed by atoms with Crippen LogP contribution in [0.4, 0.5) is 0 Å². The van der Waals surface area contributed by atoms with Gasteiger partial charge in [-0.1, -0.05) is 0 Å². The topological polar surface area (TPSA) is 29.5 Å². The van der Waals surface area contributed by atoms with Crippen molar-refractivity contribution in [3.63, 3.8) is 0 Å². The number of hydroxylamine groups is 2. The van der Waals surface area contributed by atoms with Crippen LogP contribution < -0.4 is 0 Å². The van der Waals surface area contributed by atoms with Crippen molar-refractivity contribution in [3.8, 4) is 0 Å². The number of rotatable bonds is 2. The molecule has 3 atom stereocenters. The molecule has 2 aliphatic rings. The fraction of sp³-hybridized carbons (Fsp3) is 0.875. The maximum absolute atomic E-state index is 11.5. The van der Waals surface area contributed by atoms with Crippen molar-refractivity contribution in [2.45, 2.75) is 11.7 Å². The Labute approximate surface area is 76.4 Å². The van der Waals surface area contributed by atoms with Crippen LogP contribution in [0, 0.1) is 11.8 Å². The highest BCUT2D eigenvalue weighted by atomic mass is 32.2. The van der Waals surface area contributed by atoms with E-state index in [9.17, 15) is 4.79 Å². The first-order valence-corrected chi connectivity index (χ1v) is 5.24. The molecular weight excluding hydrogens is 174 g/mol. The van der Waals surface area contributed by atoms with E-state index in [1.165, 1.54) is 24.3 Å². The second kappa shape index (κ2) is 2.92. The van der Waals surface area contributed by atoms with Gasteiger partial charge in [0.05, 0.1) is 13.0 Å². The lowest BCUT2D eigenvalue weighted by molar-refractivity contribution is -0.170. The van der Waals surface area contributed by atoms with Crippen molar-refractivity contribution >= 4 is 17.7 Å². The van der Waals surface area contributed by atoms with Crippen LogP contribution in [0.1, 0.15) is 6.42 Å². The third-order valence-corrected chi connectivity index (χ3v) is 4.23. The molecule has 1 aliphatic carbocycles. The normalized spacial score (nSPS) is 37.7. The Bertz CT molecular complexity index is 199. The van der Waals surface area contributed by atoms with Gasteiger partial charge in [0.2, 0.25) is 5.91 Å². The summed E-state index contributed by atoms with van der Waals surface area (Å²) in [7, 11) is 3.21. The highest BCUT2D eigenvalue weighted by Crippen LogP contribution is 2.56. The smallest absolute Gasteiger partial charge is 0.250 e. The molecule has 68 valence electrons. The Morgan fingerprint density at radius 3 is 2.92 bits per heavy atom. The van der Waals surface area contributed by atoms with Crippen molar-refractivity contribution in [3.05, 3.63) is 0 Å². The molecule has 0 N–H and O–H groups in total. The van der Waals surface area contributed by atoms with E-state index in [2.05, 4.69) is 0 Å². The molecule has 0 spiro atoms. The Kier molecular flexibility index (Phi) is 2.04. The molecule has 0 aromatic rings. The predicted octanol–water partition coefficient (Wildman–Crippen LogP) is 0.758. The quantitative estimate of drug-likeness (QED) is 0.598. The summed E-state index contributed by atoms with van der Waals surface area (Å²) in [4.78, 5) is 16.4. The predicted molar refractivity (Wildman–Crippen MR) is 47.6 cm³/mol. The van der Waals surface area contributed by atoms with E-state index in [-0.39, 0.29) is 11.8 Å². The molecular formula is C8H13NO2S. The van der Waals surface area contributed by atoms with Gasteiger partial charge in [-0.2, -0.15) is 11.8 Å². The Hall–Kier alpha value is -0.220. The van der Waals surface area contributed by atoms with Gasteiger partial charge in [-0.25, -0.2) is 5.06 Å². The van der Waals surface area contributed by atoms with Gasteiger partial charge in [-0.15, -0.1) is 0 Å². The number of amides is 1. The second-order valence-corrected chi connectivity index (χ2v) is 4.62. The SMILES string of the molecule is CON(C)C(=O)[C@@H]1[C@H]2CCS[C@H]21. The van der Waals surface area contributed by atoms with Crippen LogP contribution in [0.25, 0.3) is 0 Å². The van der Waals surface area contributed by atoms with Gasteiger partial charge in [0, 0.05) is 12.3 Å². The zero-order valence-corrected chi connectivity index (χ0v) is 8.13. The number of thioether (sulfide) groups is 1. The van der Waals surface area contributed by atoms with Crippen LogP contribution in [-0.4, -0.2) is 36.1 Å². The molecule has 0 aromatic heterocycles. The summed E-state index contributed by atoms with van der Waals surface area (Å²) in [6.07, 6.45) is 1.21. The molecule has 0 aromatic carbocycles. The highest BCUT2D eigenvalue weighted by molar-refractivity contribution is 8.00. The monoisotopic (exact) mass is 187 g/mol. The molecule has 12 heavy (non-hydrogen) atoms. The van der Waals surface area contributed by atoms with E-state index in [1.807, 2.05) is 11.8 Å². The molecule has 1 saturated heterocycles. The van der Waals surface area contributed by atoms with E-state index in [4.69, 9.17) is 4.84 Å². The number of nitrogens with zero attached hydrogens (tertiary/aromatic N) is 1. The number of fused-ring (bicyclic) bond motifs is 1. The largest absolute Gasteiger partial charge is 0.275 e. The van der Waals surface area contributed by atoms with Crippen LogP contribution in [0.5, 0.6) is 0 Å². The van der Waals surface area contributed by atoms with Crippen molar-refractivity contribution in [2.75, 3.05) is 19.9 Å². The molecule has 4 heteroatoms. The standard InChI is InChI=1S/C8H13NO2S/c1-9(11-2)8(10)6-5-3-4-12-7(5)6/h5-7H,3-4H2,1-2H3/t5-,6-,7-/m1/s1. The molecule has 1 amide bonds. The summed E-state index contributed by atoms with van der Waals surface area (Å²) in [6.45, 7) is 0. The molecule has 2 fully saturated rings. The Balaban J connectivity index is 1.91. The van der Waals surface area contributed by atoms with E-state index in [0.717, 1.165) is 0 Å². The Morgan fingerprint density at radius 1 is 1.67 bits per heavy atom. The lowest BCUT2D eigenvalue weighted by atomic mass is 10.2. The van der Waals surface area contributed by atoms with E-state index >= 15 is 0 Å². The first-order valence-electron chi connectivity index (χ1n) is 4.19. The fourth-order valence-corrected chi connectivity index (χ4v) is 3.55. The summed E-state index contributed by atoms with van der Waals surface area (Å²) in [5.74, 6) is 2.30. The van der Waals surface area contributed by atoms with E-state index in [0.29, 0.717) is 11.2 Å². The number of carbonyl (C=O) groups excluding carboxylic acids is 1. The molecule has 1 saturated carbocycles. The molecule has 1 heterocycles. The van der Waals surface area contributed by atoms with Crippen LogP contribution in [0.3, 0.4) is 0 Å². The first-order chi connectivity index (χ1) is 5.75. The third kappa shape index (κ3) is 1.13. The van der Waals surface area contributed by atoms with Gasteiger partial charge < -0.3 is 0 Å². The van der Waals surface area contributed by atoms with Gasteiger partial charge in [-0.05, 0) is 18.1 Å². The van der Waals surface area contributed by atoms with Crippen LogP contribution in [0.2, 0.25) is 0 Å². The van der Waals surface area contributed by atoms with Crippen molar-refractivity contribution < 1.29 is 9.63 Å². The van der Waals surface area contributed by atoms with Gasteiger partial charge in [0.15, 0.2) is 0 Å². The van der Waals surface area contributed by atoms with Crippen LogP contribution in [-0.2, 0) is 9.63 Å². The van der Waals surface area contributed by atoms with Gasteiger partial charge in [-0.3, -0.25) is 9.63 Å². The fourth-order valence-electron chi connectivity index (χ4n) is 1.88. The Morgan fingerprint density at radius 2 is 2.42 bits per heavy atom. The summed E-state index contributed by atoms with van der Waals surface area (Å²) in [5.41, 5.74) is 0. The lowest BCUT2D eigenvalue weighted by Gasteiger charge is -2.14.